The second kappa shape index (κ2) is 7.04. The van der Waals surface area contributed by atoms with Gasteiger partial charge in [-0.1, -0.05) is 24.2 Å². The molecule has 0 saturated heterocycles. The van der Waals surface area contributed by atoms with Gasteiger partial charge in [0.2, 0.25) is 0 Å². The first-order valence-corrected chi connectivity index (χ1v) is 8.95. The van der Waals surface area contributed by atoms with Gasteiger partial charge in [-0.15, -0.1) is 0 Å². The van der Waals surface area contributed by atoms with E-state index in [-0.39, 0.29) is 16.3 Å². The zero-order chi connectivity index (χ0) is 17.9. The predicted molar refractivity (Wildman–Crippen MR) is 87.2 cm³/mol. The van der Waals surface area contributed by atoms with Gasteiger partial charge in [0.05, 0.1) is 0 Å². The van der Waals surface area contributed by atoms with Crippen LogP contribution in [0.5, 0.6) is 5.75 Å². The lowest BCUT2D eigenvalue weighted by Gasteiger charge is -2.17. The van der Waals surface area contributed by atoms with Crippen molar-refractivity contribution in [1.29, 1.82) is 0 Å². The number of sulfonamides is 1. The summed E-state index contributed by atoms with van der Waals surface area (Å²) in [5.41, 5.74) is 1.17. The van der Waals surface area contributed by atoms with E-state index in [4.69, 9.17) is 9.26 Å². The highest BCUT2D eigenvalue weighted by Crippen LogP contribution is 2.20. The van der Waals surface area contributed by atoms with Crippen LogP contribution in [0.3, 0.4) is 0 Å². The summed E-state index contributed by atoms with van der Waals surface area (Å²) in [6.45, 7) is 6.61. The summed E-state index contributed by atoms with van der Waals surface area (Å²) < 4.78 is 37.3. The number of ether oxygens (including phenoxy) is 1. The second-order valence-corrected chi connectivity index (χ2v) is 7.07. The second-order valence-electron chi connectivity index (χ2n) is 5.45. The fraction of sp³-hybridized carbons (Fsp3) is 0.375. The molecule has 130 valence electrons. The summed E-state index contributed by atoms with van der Waals surface area (Å²) in [7, 11) is -4.07. The number of rotatable bonds is 6. The van der Waals surface area contributed by atoms with E-state index in [1.54, 1.807) is 25.1 Å². The van der Waals surface area contributed by atoms with Gasteiger partial charge in [0, 0.05) is 0 Å². The van der Waals surface area contributed by atoms with Crippen molar-refractivity contribution in [3.63, 3.8) is 0 Å². The molecule has 1 heterocycles. The van der Waals surface area contributed by atoms with Gasteiger partial charge in [0.25, 0.3) is 15.9 Å². The molecule has 0 aliphatic rings. The van der Waals surface area contributed by atoms with E-state index in [2.05, 4.69) is 5.16 Å². The molecule has 0 aliphatic carbocycles. The first-order valence-electron chi connectivity index (χ1n) is 7.47. The fourth-order valence-corrected chi connectivity index (χ4v) is 3.62. The maximum Gasteiger partial charge on any atom is 0.274 e. The number of amides is 1. The third-order valence-corrected chi connectivity index (χ3v) is 4.99. The van der Waals surface area contributed by atoms with Gasteiger partial charge in [0.15, 0.2) is 16.8 Å². The Morgan fingerprint density at radius 1 is 1.33 bits per heavy atom. The smallest absolute Gasteiger partial charge is 0.274 e. The number of nitrogens with one attached hydrogen (secondary N) is 1. The van der Waals surface area contributed by atoms with Crippen LogP contribution in [0.15, 0.2) is 33.7 Å². The normalized spacial score (nSPS) is 12.7. The molecular formula is C16H20N2O5S. The van der Waals surface area contributed by atoms with Crippen LogP contribution in [0.2, 0.25) is 0 Å². The first kappa shape index (κ1) is 18.0. The highest BCUT2D eigenvalue weighted by molar-refractivity contribution is 7.90. The molecule has 0 spiro atoms. The average molecular weight is 352 g/mol. The Balaban J connectivity index is 2.17. The van der Waals surface area contributed by atoms with Crippen LogP contribution in [-0.2, 0) is 14.8 Å². The zero-order valence-electron chi connectivity index (χ0n) is 14.0. The lowest BCUT2D eigenvalue weighted by Crippen LogP contribution is -2.41. The summed E-state index contributed by atoms with van der Waals surface area (Å²) in [4.78, 5) is 12.2. The highest BCUT2D eigenvalue weighted by Gasteiger charge is 2.29. The molecule has 0 unspecified atom stereocenters. The Morgan fingerprint density at radius 3 is 2.58 bits per heavy atom. The molecule has 0 bridgehead atoms. The maximum atomic E-state index is 12.4. The topological polar surface area (TPSA) is 98.5 Å². The molecule has 24 heavy (non-hydrogen) atoms. The van der Waals surface area contributed by atoms with Crippen LogP contribution >= 0.6 is 0 Å². The Bertz CT molecular complexity index is 822. The van der Waals surface area contributed by atoms with Gasteiger partial charge in [0.1, 0.15) is 11.4 Å². The van der Waals surface area contributed by atoms with Crippen LogP contribution in [0.25, 0.3) is 0 Å². The van der Waals surface area contributed by atoms with E-state index in [1.165, 1.54) is 13.8 Å². The van der Waals surface area contributed by atoms with Crippen molar-refractivity contribution in [3.05, 3.63) is 41.3 Å². The Morgan fingerprint density at radius 2 is 2.04 bits per heavy atom. The van der Waals surface area contributed by atoms with E-state index in [1.807, 2.05) is 17.7 Å². The summed E-state index contributed by atoms with van der Waals surface area (Å²) >= 11 is 0. The lowest BCUT2D eigenvalue weighted by molar-refractivity contribution is -0.126. The minimum absolute atomic E-state index is 0.124. The van der Waals surface area contributed by atoms with Crippen molar-refractivity contribution in [2.24, 2.45) is 0 Å². The molecule has 0 radical (unpaired) electrons. The minimum atomic E-state index is -4.07. The minimum Gasteiger partial charge on any atom is -0.481 e. The molecule has 0 aliphatic heterocycles. The molecule has 2 aromatic rings. The van der Waals surface area contributed by atoms with Crippen LogP contribution < -0.4 is 9.46 Å². The van der Waals surface area contributed by atoms with Gasteiger partial charge in [-0.2, -0.15) is 0 Å². The van der Waals surface area contributed by atoms with E-state index >= 15 is 0 Å². The number of hydrogen-bond acceptors (Lipinski definition) is 6. The van der Waals surface area contributed by atoms with Crippen LogP contribution in [-0.4, -0.2) is 25.6 Å². The first-order chi connectivity index (χ1) is 11.2. The standard InChI is InChI=1S/C16H20N2O5S/c1-5-14(22-13-8-6-7-10(2)9-13)16(19)18-24(20,21)15-11(3)17-23-12(15)4/h6-9,14H,5H2,1-4H3,(H,18,19)/t14-/m0/s1. The van der Waals surface area contributed by atoms with Gasteiger partial charge >= 0.3 is 0 Å². The molecule has 8 heteroatoms. The summed E-state index contributed by atoms with van der Waals surface area (Å²) in [5.74, 6) is -0.105. The van der Waals surface area contributed by atoms with Crippen molar-refractivity contribution in [1.82, 2.24) is 9.88 Å². The lowest BCUT2D eigenvalue weighted by atomic mass is 10.2. The van der Waals surface area contributed by atoms with E-state index in [0.29, 0.717) is 12.2 Å². The third-order valence-electron chi connectivity index (χ3n) is 3.40. The predicted octanol–water partition coefficient (Wildman–Crippen LogP) is 2.26. The Labute approximate surface area is 141 Å². The molecule has 0 fully saturated rings. The number of nitrogens with zero attached hydrogens (tertiary/aromatic N) is 1. The molecule has 2 rings (SSSR count). The molecule has 1 amide bonds. The highest BCUT2D eigenvalue weighted by atomic mass is 32.2. The molecular weight excluding hydrogens is 332 g/mol. The number of benzene rings is 1. The van der Waals surface area contributed by atoms with E-state index < -0.39 is 22.0 Å². The van der Waals surface area contributed by atoms with Crippen molar-refractivity contribution in [2.45, 2.75) is 45.1 Å². The van der Waals surface area contributed by atoms with Crippen molar-refractivity contribution >= 4 is 15.9 Å². The fourth-order valence-electron chi connectivity index (χ4n) is 2.28. The van der Waals surface area contributed by atoms with Gasteiger partial charge in [-0.05, 0) is 44.9 Å². The Kier molecular flexibility index (Phi) is 5.28. The quantitative estimate of drug-likeness (QED) is 0.856. The number of aromatic nitrogens is 1. The number of hydrogen-bond donors (Lipinski definition) is 1. The Hall–Kier alpha value is -2.35. The van der Waals surface area contributed by atoms with Crippen LogP contribution in [0.1, 0.15) is 30.4 Å². The largest absolute Gasteiger partial charge is 0.481 e. The van der Waals surface area contributed by atoms with Gasteiger partial charge in [-0.25, -0.2) is 13.1 Å². The van der Waals surface area contributed by atoms with E-state index in [9.17, 15) is 13.2 Å². The zero-order valence-corrected chi connectivity index (χ0v) is 14.8. The molecule has 7 nitrogen and oxygen atoms in total. The maximum absolute atomic E-state index is 12.4. The molecule has 1 atom stereocenters. The number of carbonyl (C=O) groups excluding carboxylic acids is 1. The summed E-state index contributed by atoms with van der Waals surface area (Å²) in [5, 5.41) is 3.60. The van der Waals surface area contributed by atoms with Gasteiger partial charge in [-0.3, -0.25) is 4.79 Å². The number of carbonyl (C=O) groups is 1. The van der Waals surface area contributed by atoms with Crippen molar-refractivity contribution < 1.29 is 22.5 Å². The molecule has 0 saturated carbocycles. The van der Waals surface area contributed by atoms with E-state index in [0.717, 1.165) is 5.56 Å². The monoisotopic (exact) mass is 352 g/mol. The summed E-state index contributed by atoms with van der Waals surface area (Å²) in [6.07, 6.45) is -0.612. The van der Waals surface area contributed by atoms with Gasteiger partial charge < -0.3 is 9.26 Å². The van der Waals surface area contributed by atoms with Crippen LogP contribution in [0.4, 0.5) is 0 Å². The van der Waals surface area contributed by atoms with Crippen molar-refractivity contribution in [2.75, 3.05) is 0 Å². The molecule has 1 aromatic heterocycles. The van der Waals surface area contributed by atoms with Crippen LogP contribution in [0, 0.1) is 20.8 Å². The summed E-state index contributed by atoms with van der Waals surface area (Å²) in [6, 6.07) is 7.19. The van der Waals surface area contributed by atoms with Crippen molar-refractivity contribution in [3.8, 4) is 5.75 Å². The number of aryl methyl sites for hydroxylation is 3. The third kappa shape index (κ3) is 3.94. The molecule has 1 N–H and O–H groups in total. The molecule has 1 aromatic carbocycles. The SMILES string of the molecule is CC[C@H](Oc1cccc(C)c1)C(=O)NS(=O)(=O)c1c(C)noc1C. The average Bonchev–Trinajstić information content (AvgIpc) is 2.84.